The molecule has 0 aliphatic carbocycles. The molecule has 2 aromatic rings. The van der Waals surface area contributed by atoms with Gasteiger partial charge in [-0.3, -0.25) is 9.59 Å². The number of carbonyl (C=O) groups excluding carboxylic acids is 1. The Hall–Kier alpha value is -2.30. The van der Waals surface area contributed by atoms with Crippen molar-refractivity contribution < 1.29 is 14.7 Å². The van der Waals surface area contributed by atoms with Crippen LogP contribution in [0.4, 0.5) is 0 Å². The summed E-state index contributed by atoms with van der Waals surface area (Å²) < 4.78 is 0. The van der Waals surface area contributed by atoms with Gasteiger partial charge in [-0.25, -0.2) is 0 Å². The first-order chi connectivity index (χ1) is 10.7. The number of carboxylic acid groups (broad SMARTS) is 1. The molecule has 0 bridgehead atoms. The number of aromatic nitrogens is 1. The van der Waals surface area contributed by atoms with Crippen LogP contribution >= 0.6 is 0 Å². The Balaban J connectivity index is 2.11. The van der Waals surface area contributed by atoms with Gasteiger partial charge in [0.15, 0.2) is 0 Å². The monoisotopic (exact) mass is 316 g/mol. The minimum Gasteiger partial charge on any atom is -0.481 e. The zero-order valence-electron chi connectivity index (χ0n) is 14.1. The van der Waals surface area contributed by atoms with Gasteiger partial charge in [-0.15, -0.1) is 0 Å². The first-order valence-electron chi connectivity index (χ1n) is 7.80. The van der Waals surface area contributed by atoms with Gasteiger partial charge in [0.1, 0.15) is 5.69 Å². The van der Waals surface area contributed by atoms with Crippen LogP contribution < -0.4 is 5.32 Å². The number of H-pyrrole nitrogens is 1. The molecule has 124 valence electrons. The second-order valence-corrected chi connectivity index (χ2v) is 7.15. The molecule has 5 heteroatoms. The molecule has 1 atom stereocenters. The number of carboxylic acids is 1. The molecule has 0 radical (unpaired) electrons. The molecule has 0 saturated carbocycles. The van der Waals surface area contributed by atoms with Crippen molar-refractivity contribution >= 4 is 22.8 Å². The maximum Gasteiger partial charge on any atom is 0.303 e. The Bertz CT molecular complexity index is 725. The Morgan fingerprint density at radius 1 is 1.26 bits per heavy atom. The summed E-state index contributed by atoms with van der Waals surface area (Å²) in [5, 5.41) is 12.5. The second-order valence-electron chi connectivity index (χ2n) is 7.15. The van der Waals surface area contributed by atoms with E-state index in [9.17, 15) is 9.59 Å². The minimum absolute atomic E-state index is 0.0436. The van der Waals surface area contributed by atoms with E-state index >= 15 is 0 Å². The van der Waals surface area contributed by atoms with E-state index in [4.69, 9.17) is 5.11 Å². The van der Waals surface area contributed by atoms with Crippen LogP contribution in [0.3, 0.4) is 0 Å². The molecule has 0 fully saturated rings. The number of rotatable bonds is 5. The summed E-state index contributed by atoms with van der Waals surface area (Å²) in [6, 6.07) is 7.97. The average Bonchev–Trinajstić information content (AvgIpc) is 2.86. The summed E-state index contributed by atoms with van der Waals surface area (Å²) >= 11 is 0. The van der Waals surface area contributed by atoms with Gasteiger partial charge in [0.25, 0.3) is 5.91 Å². The summed E-state index contributed by atoms with van der Waals surface area (Å²) in [6.45, 7) is 8.58. The minimum atomic E-state index is -0.855. The molecule has 2 rings (SSSR count). The zero-order chi connectivity index (χ0) is 17.2. The third kappa shape index (κ3) is 4.34. The number of aromatic amines is 1. The van der Waals surface area contributed by atoms with E-state index in [0.29, 0.717) is 12.2 Å². The molecule has 3 N–H and O–H groups in total. The highest BCUT2D eigenvalue weighted by atomic mass is 16.4. The van der Waals surface area contributed by atoms with Gasteiger partial charge in [-0.05, 0) is 29.0 Å². The van der Waals surface area contributed by atoms with E-state index in [2.05, 4.69) is 43.2 Å². The van der Waals surface area contributed by atoms with Crippen LogP contribution in [0.15, 0.2) is 24.3 Å². The summed E-state index contributed by atoms with van der Waals surface area (Å²) in [6.07, 6.45) is 0.0436. The Morgan fingerprint density at radius 3 is 2.57 bits per heavy atom. The van der Waals surface area contributed by atoms with Gasteiger partial charge >= 0.3 is 5.97 Å². The zero-order valence-corrected chi connectivity index (χ0v) is 14.1. The molecular formula is C18H24N2O3. The van der Waals surface area contributed by atoms with Crippen LogP contribution in [0.1, 0.15) is 50.2 Å². The molecule has 0 aliphatic heterocycles. The normalized spacial score (nSPS) is 13.0. The first-order valence-corrected chi connectivity index (χ1v) is 7.80. The van der Waals surface area contributed by atoms with E-state index in [-0.39, 0.29) is 23.7 Å². The lowest BCUT2D eigenvalue weighted by molar-refractivity contribution is -0.137. The van der Waals surface area contributed by atoms with Crippen molar-refractivity contribution in [2.75, 3.05) is 6.54 Å². The Kier molecular flexibility index (Phi) is 4.78. The topological polar surface area (TPSA) is 82.2 Å². The second kappa shape index (κ2) is 6.44. The number of fused-ring (bicyclic) bond motifs is 1. The smallest absolute Gasteiger partial charge is 0.303 e. The SMILES string of the molecule is CC(CNC(=O)c1cc2ccc(C(C)(C)C)cc2[nH]1)CC(=O)O. The molecule has 5 nitrogen and oxygen atoms in total. The fraction of sp³-hybridized carbons (Fsp3) is 0.444. The lowest BCUT2D eigenvalue weighted by Gasteiger charge is -2.18. The number of amides is 1. The molecule has 1 aromatic carbocycles. The molecule has 1 amide bonds. The van der Waals surface area contributed by atoms with Crippen molar-refractivity contribution in [3.05, 3.63) is 35.5 Å². The summed E-state index contributed by atoms with van der Waals surface area (Å²) in [5.41, 5.74) is 2.68. The van der Waals surface area contributed by atoms with E-state index < -0.39 is 5.97 Å². The summed E-state index contributed by atoms with van der Waals surface area (Å²) in [5.74, 6) is -1.17. The maximum atomic E-state index is 12.2. The number of aliphatic carboxylic acids is 1. The molecule has 0 saturated heterocycles. The summed E-state index contributed by atoms with van der Waals surface area (Å²) in [7, 11) is 0. The lowest BCUT2D eigenvalue weighted by atomic mass is 9.87. The molecular weight excluding hydrogens is 292 g/mol. The quantitative estimate of drug-likeness (QED) is 0.791. The predicted molar refractivity (Wildman–Crippen MR) is 90.7 cm³/mol. The number of hydrogen-bond acceptors (Lipinski definition) is 2. The van der Waals surface area contributed by atoms with Gasteiger partial charge in [0.2, 0.25) is 0 Å². The highest BCUT2D eigenvalue weighted by molar-refractivity contribution is 5.98. The third-order valence-electron chi connectivity index (χ3n) is 3.87. The van der Waals surface area contributed by atoms with Crippen LogP contribution in [0.5, 0.6) is 0 Å². The van der Waals surface area contributed by atoms with Crippen molar-refractivity contribution in [2.24, 2.45) is 5.92 Å². The van der Waals surface area contributed by atoms with Crippen LogP contribution in [0.25, 0.3) is 10.9 Å². The number of carbonyl (C=O) groups is 2. The Labute approximate surface area is 136 Å². The summed E-state index contributed by atoms with van der Waals surface area (Å²) in [4.78, 5) is 26.0. The van der Waals surface area contributed by atoms with E-state index in [1.807, 2.05) is 12.1 Å². The van der Waals surface area contributed by atoms with E-state index in [0.717, 1.165) is 10.9 Å². The van der Waals surface area contributed by atoms with Gasteiger partial charge in [-0.1, -0.05) is 39.8 Å². The van der Waals surface area contributed by atoms with E-state index in [1.54, 1.807) is 6.92 Å². The molecule has 1 heterocycles. The number of benzene rings is 1. The van der Waals surface area contributed by atoms with E-state index in [1.165, 1.54) is 5.56 Å². The van der Waals surface area contributed by atoms with Gasteiger partial charge in [0.05, 0.1) is 0 Å². The van der Waals surface area contributed by atoms with Crippen molar-refractivity contribution in [1.82, 2.24) is 10.3 Å². The van der Waals surface area contributed by atoms with Crippen LogP contribution in [0.2, 0.25) is 0 Å². The number of hydrogen-bond donors (Lipinski definition) is 3. The first kappa shape index (κ1) is 17.1. The third-order valence-corrected chi connectivity index (χ3v) is 3.87. The Morgan fingerprint density at radius 2 is 1.96 bits per heavy atom. The molecule has 23 heavy (non-hydrogen) atoms. The van der Waals surface area contributed by atoms with Crippen LogP contribution in [-0.2, 0) is 10.2 Å². The van der Waals surface area contributed by atoms with Crippen molar-refractivity contribution in [3.63, 3.8) is 0 Å². The van der Waals surface area contributed by atoms with Crippen molar-refractivity contribution in [3.8, 4) is 0 Å². The average molecular weight is 316 g/mol. The standard InChI is InChI=1S/C18H24N2O3/c1-11(7-16(21)22)10-19-17(23)15-8-12-5-6-13(18(2,3)4)9-14(12)20-15/h5-6,8-9,11,20H,7,10H2,1-4H3,(H,19,23)(H,21,22). The van der Waals surface area contributed by atoms with Crippen LogP contribution in [0, 0.1) is 5.92 Å². The molecule has 1 unspecified atom stereocenters. The largest absolute Gasteiger partial charge is 0.481 e. The molecule has 1 aromatic heterocycles. The lowest BCUT2D eigenvalue weighted by Crippen LogP contribution is -2.29. The predicted octanol–water partition coefficient (Wildman–Crippen LogP) is 3.31. The number of nitrogens with one attached hydrogen (secondary N) is 2. The fourth-order valence-electron chi connectivity index (χ4n) is 2.45. The maximum absolute atomic E-state index is 12.2. The van der Waals surface area contributed by atoms with Crippen molar-refractivity contribution in [1.29, 1.82) is 0 Å². The fourth-order valence-corrected chi connectivity index (χ4v) is 2.45. The van der Waals surface area contributed by atoms with Crippen molar-refractivity contribution in [2.45, 2.75) is 39.5 Å². The molecule has 0 spiro atoms. The molecule has 0 aliphatic rings. The van der Waals surface area contributed by atoms with Gasteiger partial charge in [-0.2, -0.15) is 0 Å². The highest BCUT2D eigenvalue weighted by Crippen LogP contribution is 2.26. The van der Waals surface area contributed by atoms with Crippen LogP contribution in [-0.4, -0.2) is 28.5 Å². The van der Waals surface area contributed by atoms with Gasteiger partial charge < -0.3 is 15.4 Å². The van der Waals surface area contributed by atoms with Gasteiger partial charge in [0, 0.05) is 23.9 Å². The highest BCUT2D eigenvalue weighted by Gasteiger charge is 2.16.